The van der Waals surface area contributed by atoms with E-state index in [1.165, 1.54) is 82.3 Å². The number of Topliss-reactive ketones (excluding diaryl/α,β-unsaturated/α-hetero) is 4. The van der Waals surface area contributed by atoms with E-state index >= 15 is 28.8 Å². The standard InChI is InChI=1S/C96H113N9O21/c1-56(85(97)116)99-86(117)57(2)100-90(121)78(55-106)103-93(124)95(4)44-18-11-9-7-5-6-8-10-17-43-94(3,105-88(119)64(46-58-21-13-12-14-22-58)49-67(108)25-20-28-79(111)61-31-37-72-71(50-61)91(122)126-96(72)73-38-35-68(109)52-82(73)125-83-53-69(110)36-39-74(83)96)92(123)102-76(40-42-84(114)115)89(120)101-77(47-60-29-33-66(107)34-30-60)81(113)51-63(48-65-54-98-75-27-16-15-26-70(65)75)80(112)41-32-62(87(118)104-95)45-59-23-19-24-59/h7,9,12-16,21-22,26-27,29-31,33-39,50,52-54,56-57,59,62-64,76-78,98,106-107,109-110H,5-6,8,10-11,17-20,23-25,28,32,40-49,51,55H2,1-4H3,(H2,97,116)(H,99,117)(H,100,121)(H,101,120)(H,102,123)(H,103,124)(H,104,118)(H,105,119)(H,114,115)/b9-7+/t56-,57?,62-,63+,64+,76-,77-,78-,94+,95-/m0/s1. The number of carbonyl (C=O) groups excluding carboxylic acids is 13. The largest absolute Gasteiger partial charge is 0.508 e. The Kier molecular flexibility index (Phi) is 31.8. The predicted molar refractivity (Wildman–Crippen MR) is 464 cm³/mol. The fraction of sp³-hybridized carbons (Fsp3) is 0.438. The number of benzene rings is 6. The first-order valence-electron chi connectivity index (χ1n) is 43.4. The molecule has 1 saturated carbocycles. The summed E-state index contributed by atoms with van der Waals surface area (Å²) in [4.78, 5) is 204. The number of ketones is 4. The lowest BCUT2D eigenvalue weighted by molar-refractivity contribution is -0.140. The zero-order valence-corrected chi connectivity index (χ0v) is 71.4. The molecule has 30 nitrogen and oxygen atoms in total. The number of aromatic hydroxyl groups is 3. The zero-order valence-electron chi connectivity index (χ0n) is 71.4. The maximum absolute atomic E-state index is 15.6. The third-order valence-corrected chi connectivity index (χ3v) is 24.6. The van der Waals surface area contributed by atoms with Crippen molar-refractivity contribution in [2.24, 2.45) is 29.4 Å². The van der Waals surface area contributed by atoms with Crippen molar-refractivity contribution in [1.82, 2.24) is 42.2 Å². The van der Waals surface area contributed by atoms with Crippen LogP contribution < -0.4 is 47.7 Å². The molecule has 4 aliphatic rings. The highest BCUT2D eigenvalue weighted by Gasteiger charge is 2.54. The highest BCUT2D eigenvalue weighted by molar-refractivity contribution is 6.04. The van der Waals surface area contributed by atoms with Gasteiger partial charge in [-0.05, 0) is 182 Å². The Balaban J connectivity index is 0.858. The molecule has 30 heteroatoms. The van der Waals surface area contributed by atoms with Crippen LogP contribution in [0, 0.1) is 23.7 Å². The van der Waals surface area contributed by atoms with Gasteiger partial charge in [0.1, 0.15) is 75.6 Å². The number of aliphatic carboxylic acids is 1. The number of primary amides is 1. The minimum atomic E-state index is -1.88. The van der Waals surface area contributed by atoms with E-state index in [0.717, 1.165) is 30.2 Å². The number of rotatable bonds is 28. The Hall–Kier alpha value is -12.9. The second-order valence-electron chi connectivity index (χ2n) is 34.3. The topological polar surface area (TPSA) is 485 Å². The Morgan fingerprint density at radius 2 is 1.27 bits per heavy atom. The van der Waals surface area contributed by atoms with Crippen molar-refractivity contribution in [3.8, 4) is 28.7 Å². The lowest BCUT2D eigenvalue weighted by Crippen LogP contribution is -2.62. The van der Waals surface area contributed by atoms with Crippen LogP contribution in [0.3, 0.4) is 0 Å². The molecule has 1 aromatic heterocycles. The Labute approximate surface area is 730 Å². The van der Waals surface area contributed by atoms with Crippen LogP contribution in [0.4, 0.5) is 0 Å². The van der Waals surface area contributed by atoms with Gasteiger partial charge >= 0.3 is 11.9 Å². The number of H-pyrrole nitrogens is 1. The summed E-state index contributed by atoms with van der Waals surface area (Å²) in [6.45, 7) is 4.73. The van der Waals surface area contributed by atoms with Crippen LogP contribution in [0.25, 0.3) is 10.9 Å². The molecule has 10 atom stereocenters. The monoisotopic (exact) mass is 1730 g/mol. The van der Waals surface area contributed by atoms with Crippen molar-refractivity contribution < 1.29 is 102 Å². The maximum Gasteiger partial charge on any atom is 0.340 e. The van der Waals surface area contributed by atoms with E-state index in [9.17, 15) is 63.9 Å². The first-order valence-corrected chi connectivity index (χ1v) is 43.4. The molecule has 4 heterocycles. The second-order valence-corrected chi connectivity index (χ2v) is 34.3. The molecule has 3 aliphatic heterocycles. The number of carbonyl (C=O) groups is 14. The molecule has 1 unspecified atom stereocenters. The van der Waals surface area contributed by atoms with Gasteiger partial charge in [-0.3, -0.25) is 62.3 Å². The quantitative estimate of drug-likeness (QED) is 0.0123. The molecule has 7 aromatic rings. The van der Waals surface area contributed by atoms with Crippen LogP contribution in [0.5, 0.6) is 28.7 Å². The molecule has 6 aromatic carbocycles. The molecule has 8 amide bonds. The number of para-hydroxylation sites is 1. The third kappa shape index (κ3) is 24.0. The van der Waals surface area contributed by atoms with Crippen LogP contribution in [-0.2, 0) is 87.1 Å². The molecule has 0 bridgehead atoms. The first kappa shape index (κ1) is 93.8. The summed E-state index contributed by atoms with van der Waals surface area (Å²) in [6.07, 6.45) is 8.93. The SMILES string of the molecule is CC(NC(=O)[C@H](CO)NC(=O)[C@]1(C)CCC/C=C/CCCCCC[C@@](C)(NC(=O)[C@@H](CC(=O)CCCC(=O)c2ccc3c(c2)C(=O)OC32c3ccc(O)cc3Oc3cc(O)ccc32)Cc2ccccc2)C(=O)N[C@@H](CCC(=O)O)C(=O)N[C@@H](Cc2ccc(O)cc2)C(=O)C[C@@H](Cc2c[nH]c3ccccc23)C(=O)CC[C@@H](CC2CCC2)C(=O)N1)C(=O)N[C@@H](C)C(N)=O. The molecule has 15 N–H and O–H groups in total. The van der Waals surface area contributed by atoms with E-state index in [4.69, 9.17) is 15.2 Å². The smallest absolute Gasteiger partial charge is 0.340 e. The van der Waals surface area contributed by atoms with Crippen LogP contribution >= 0.6 is 0 Å². The highest BCUT2D eigenvalue weighted by Crippen LogP contribution is 2.57. The fourth-order valence-corrected chi connectivity index (χ4v) is 16.9. The van der Waals surface area contributed by atoms with Gasteiger partial charge in [0.15, 0.2) is 17.2 Å². The molecule has 1 fully saturated rings. The van der Waals surface area contributed by atoms with Crippen LogP contribution in [0.1, 0.15) is 223 Å². The average molecular weight is 1730 g/mol. The number of phenols is 3. The number of esters is 1. The number of allylic oxidation sites excluding steroid dienone is 2. The molecular formula is C96H113N9O21. The number of aromatic nitrogens is 1. The van der Waals surface area contributed by atoms with E-state index in [0.29, 0.717) is 84.7 Å². The normalized spacial score (nSPS) is 21.6. The summed E-state index contributed by atoms with van der Waals surface area (Å²) in [6, 6.07) is 28.1. The number of amides is 8. The number of fused-ring (bicyclic) bond motifs is 7. The molecule has 11 rings (SSSR count). The van der Waals surface area contributed by atoms with Crippen LogP contribution in [-0.4, -0.2) is 161 Å². The summed E-state index contributed by atoms with van der Waals surface area (Å²) in [5.74, 6) is -13.6. The van der Waals surface area contributed by atoms with Gasteiger partial charge in [-0.1, -0.05) is 123 Å². The van der Waals surface area contributed by atoms with Crippen molar-refractivity contribution in [2.45, 2.75) is 235 Å². The van der Waals surface area contributed by atoms with Crippen molar-refractivity contribution in [2.75, 3.05) is 6.61 Å². The second kappa shape index (κ2) is 42.7. The number of carboxylic acids is 1. The van der Waals surface area contributed by atoms with Gasteiger partial charge in [0.05, 0.1) is 18.2 Å². The van der Waals surface area contributed by atoms with E-state index in [-0.39, 0.29) is 116 Å². The van der Waals surface area contributed by atoms with Crippen molar-refractivity contribution in [3.63, 3.8) is 0 Å². The summed E-state index contributed by atoms with van der Waals surface area (Å²) >= 11 is 0. The third-order valence-electron chi connectivity index (χ3n) is 24.6. The van der Waals surface area contributed by atoms with E-state index < -0.39 is 173 Å². The Morgan fingerprint density at radius 3 is 1.94 bits per heavy atom. The number of aliphatic hydroxyl groups is 1. The molecule has 0 radical (unpaired) electrons. The van der Waals surface area contributed by atoms with Crippen molar-refractivity contribution >= 4 is 93.2 Å². The van der Waals surface area contributed by atoms with Gasteiger partial charge in [-0.2, -0.15) is 0 Å². The van der Waals surface area contributed by atoms with Gasteiger partial charge in [0.25, 0.3) is 0 Å². The number of nitrogens with one attached hydrogen (secondary N) is 8. The van der Waals surface area contributed by atoms with Crippen molar-refractivity contribution in [1.29, 1.82) is 0 Å². The maximum atomic E-state index is 15.6. The minimum Gasteiger partial charge on any atom is -0.508 e. The molecule has 668 valence electrons. The zero-order chi connectivity index (χ0) is 90.6. The van der Waals surface area contributed by atoms with Crippen molar-refractivity contribution in [3.05, 3.63) is 196 Å². The van der Waals surface area contributed by atoms with Crippen LogP contribution in [0.2, 0.25) is 0 Å². The average Bonchev–Trinajstić information content (AvgIpc) is 1.53. The highest BCUT2D eigenvalue weighted by atomic mass is 16.6. The predicted octanol–water partition coefficient (Wildman–Crippen LogP) is 9.88. The lowest BCUT2D eigenvalue weighted by atomic mass is 9.76. The number of ether oxygens (including phenoxy) is 2. The summed E-state index contributed by atoms with van der Waals surface area (Å²) in [7, 11) is 0. The summed E-state index contributed by atoms with van der Waals surface area (Å²) in [5, 5.41) is 71.8. The van der Waals surface area contributed by atoms with Crippen LogP contribution in [0.15, 0.2) is 152 Å². The van der Waals surface area contributed by atoms with Gasteiger partial charge in [0, 0.05) is 108 Å². The van der Waals surface area contributed by atoms with Gasteiger partial charge in [0.2, 0.25) is 47.3 Å². The minimum absolute atomic E-state index is 0.00676. The summed E-state index contributed by atoms with van der Waals surface area (Å²) in [5.41, 5.74) is 4.03. The van der Waals surface area contributed by atoms with E-state index in [1.807, 2.05) is 36.4 Å². The number of phenolic OH excluding ortho intramolecular Hbond substituents is 3. The Morgan fingerprint density at radius 1 is 0.611 bits per heavy atom. The molecule has 0 saturated heterocycles. The number of aromatic amines is 1. The number of nitrogens with two attached hydrogens (primary N) is 1. The van der Waals surface area contributed by atoms with Gasteiger partial charge < -0.3 is 82.9 Å². The lowest BCUT2D eigenvalue weighted by Gasteiger charge is -2.36. The summed E-state index contributed by atoms with van der Waals surface area (Å²) < 4.78 is 12.3. The number of carboxylic acid groups (broad SMARTS) is 1. The first-order chi connectivity index (χ1) is 60.2. The number of hydrogen-bond donors (Lipinski definition) is 14. The molecule has 1 spiro atoms. The molecule has 126 heavy (non-hydrogen) atoms. The molecular weight excluding hydrogens is 1620 g/mol. The molecule has 1 aliphatic carbocycles. The number of aliphatic hydroxyl groups excluding tert-OH is 1. The van der Waals surface area contributed by atoms with Gasteiger partial charge in [-0.25, -0.2) is 4.79 Å². The van der Waals surface area contributed by atoms with Gasteiger partial charge in [-0.15, -0.1) is 0 Å². The van der Waals surface area contributed by atoms with E-state index in [2.05, 4.69) is 42.2 Å². The van der Waals surface area contributed by atoms with E-state index in [1.54, 1.807) is 60.8 Å². The fourth-order valence-electron chi connectivity index (χ4n) is 16.9. The number of hydrogen-bond acceptors (Lipinski definition) is 20. The Bertz CT molecular complexity index is 5180.